The number of pyridine rings is 1. The molecule has 0 fully saturated rings. The lowest BCUT2D eigenvalue weighted by molar-refractivity contribution is -0.384. The molecule has 0 aliphatic heterocycles. The Balaban J connectivity index is 1.70. The summed E-state index contributed by atoms with van der Waals surface area (Å²) in [5, 5.41) is 26.1. The van der Waals surface area contributed by atoms with Crippen molar-refractivity contribution in [1.82, 2.24) is 4.98 Å². The number of nitrogens with one attached hydrogen (secondary N) is 1. The number of aromatic nitrogens is 1. The minimum absolute atomic E-state index is 0.0669. The summed E-state index contributed by atoms with van der Waals surface area (Å²) < 4.78 is 0. The Bertz CT molecular complexity index is 1260. The van der Waals surface area contributed by atoms with Crippen molar-refractivity contribution in [1.29, 1.82) is 0 Å². The lowest BCUT2D eigenvalue weighted by atomic mass is 9.87. The van der Waals surface area contributed by atoms with E-state index in [1.807, 2.05) is 30.3 Å². The smallest absolute Gasteiger partial charge is 0.271 e. The number of hydrogen-bond donors (Lipinski definition) is 2. The van der Waals surface area contributed by atoms with Gasteiger partial charge in [0, 0.05) is 35.3 Å². The van der Waals surface area contributed by atoms with Crippen LogP contribution in [0.3, 0.4) is 0 Å². The van der Waals surface area contributed by atoms with Gasteiger partial charge in [0.05, 0.1) is 10.4 Å². The maximum Gasteiger partial charge on any atom is 0.271 e. The highest BCUT2D eigenvalue weighted by atomic mass is 16.6. The zero-order valence-corrected chi connectivity index (χ0v) is 16.4. The van der Waals surface area contributed by atoms with Crippen LogP contribution in [0.1, 0.15) is 11.3 Å². The topological polar surface area (TPSA) is 105 Å². The first-order valence-electron chi connectivity index (χ1n) is 9.64. The van der Waals surface area contributed by atoms with Gasteiger partial charge in [-0.05, 0) is 23.8 Å². The molecule has 0 saturated carbocycles. The maximum atomic E-state index is 13.2. The third kappa shape index (κ3) is 4.26. The first kappa shape index (κ1) is 20.2. The molecule has 7 nitrogen and oxygen atoms in total. The number of fused-ring (bicyclic) bond motifs is 1. The number of anilines is 1. The summed E-state index contributed by atoms with van der Waals surface area (Å²) in [6.07, 6.45) is -0.0669. The standard InChI is InChI=1S/C24H19N3O4/c28-23(26-19-10-6-11-21(15-19)27(30)31)24(29,18-8-2-1-3-9-18)16-20-14-13-17-7-4-5-12-22(17)25-20/h1-15,29H,16H2,(H,26,28). The second kappa shape index (κ2) is 8.33. The molecule has 0 aliphatic carbocycles. The normalized spacial score (nSPS) is 12.8. The fourth-order valence-electron chi connectivity index (χ4n) is 3.43. The number of carbonyl (C=O) groups is 1. The van der Waals surface area contributed by atoms with Gasteiger partial charge < -0.3 is 10.4 Å². The number of nitro benzene ring substituents is 1. The Morgan fingerprint density at radius 3 is 2.48 bits per heavy atom. The molecule has 1 amide bonds. The van der Waals surface area contributed by atoms with Crippen LogP contribution in [0.5, 0.6) is 0 Å². The van der Waals surface area contributed by atoms with Crippen LogP contribution in [-0.2, 0) is 16.8 Å². The number of amides is 1. The zero-order chi connectivity index (χ0) is 21.8. The third-order valence-electron chi connectivity index (χ3n) is 5.03. The molecule has 7 heteroatoms. The highest BCUT2D eigenvalue weighted by Crippen LogP contribution is 2.29. The van der Waals surface area contributed by atoms with Gasteiger partial charge in [0.1, 0.15) is 0 Å². The maximum absolute atomic E-state index is 13.2. The molecular formula is C24H19N3O4. The minimum Gasteiger partial charge on any atom is -0.375 e. The Labute approximate surface area is 178 Å². The molecule has 0 aliphatic rings. The molecule has 4 rings (SSSR count). The molecule has 1 aromatic heterocycles. The van der Waals surface area contributed by atoms with Crippen LogP contribution in [-0.4, -0.2) is 20.9 Å². The Hall–Kier alpha value is -4.10. The highest BCUT2D eigenvalue weighted by molar-refractivity contribution is 5.98. The Kier molecular flexibility index (Phi) is 5.43. The number of nitro groups is 1. The molecule has 3 aromatic carbocycles. The number of nitrogens with zero attached hydrogens (tertiary/aromatic N) is 2. The lowest BCUT2D eigenvalue weighted by Gasteiger charge is -2.27. The quantitative estimate of drug-likeness (QED) is 0.364. The van der Waals surface area contributed by atoms with Gasteiger partial charge >= 0.3 is 0 Å². The third-order valence-corrected chi connectivity index (χ3v) is 5.03. The van der Waals surface area contributed by atoms with Crippen molar-refractivity contribution in [3.05, 3.63) is 112 Å². The molecule has 31 heavy (non-hydrogen) atoms. The summed E-state index contributed by atoms with van der Waals surface area (Å²) in [4.78, 5) is 28.3. The van der Waals surface area contributed by atoms with Crippen LogP contribution in [0.15, 0.2) is 91.0 Å². The Morgan fingerprint density at radius 1 is 0.968 bits per heavy atom. The van der Waals surface area contributed by atoms with Crippen LogP contribution in [0.2, 0.25) is 0 Å². The van der Waals surface area contributed by atoms with Gasteiger partial charge in [0.15, 0.2) is 5.60 Å². The van der Waals surface area contributed by atoms with Crippen molar-refractivity contribution in [2.24, 2.45) is 0 Å². The number of aliphatic hydroxyl groups is 1. The molecule has 154 valence electrons. The zero-order valence-electron chi connectivity index (χ0n) is 16.4. The summed E-state index contributed by atoms with van der Waals surface area (Å²) in [5.74, 6) is -0.700. The summed E-state index contributed by atoms with van der Waals surface area (Å²) in [5.41, 5.74) is -0.166. The fraction of sp³-hybridized carbons (Fsp3) is 0.0833. The Morgan fingerprint density at radius 2 is 1.71 bits per heavy atom. The summed E-state index contributed by atoms with van der Waals surface area (Å²) in [6.45, 7) is 0. The van der Waals surface area contributed by atoms with E-state index in [4.69, 9.17) is 0 Å². The highest BCUT2D eigenvalue weighted by Gasteiger charge is 2.38. The first-order chi connectivity index (χ1) is 15.0. The molecular weight excluding hydrogens is 394 g/mol. The molecule has 1 atom stereocenters. The molecule has 0 saturated heterocycles. The number of non-ortho nitro benzene ring substituents is 1. The second-order valence-corrected chi connectivity index (χ2v) is 7.16. The van der Waals surface area contributed by atoms with Crippen LogP contribution in [0, 0.1) is 10.1 Å². The summed E-state index contributed by atoms with van der Waals surface area (Å²) in [6, 6.07) is 25.4. The van der Waals surface area contributed by atoms with Gasteiger partial charge in [-0.1, -0.05) is 60.7 Å². The lowest BCUT2D eigenvalue weighted by Crippen LogP contribution is -2.42. The van der Waals surface area contributed by atoms with Gasteiger partial charge in [-0.15, -0.1) is 0 Å². The fourth-order valence-corrected chi connectivity index (χ4v) is 3.43. The predicted octanol–water partition coefficient (Wildman–Crippen LogP) is 4.21. The summed E-state index contributed by atoms with van der Waals surface area (Å²) >= 11 is 0. The van der Waals surface area contributed by atoms with Gasteiger partial charge in [-0.3, -0.25) is 19.9 Å². The number of benzene rings is 3. The molecule has 1 heterocycles. The predicted molar refractivity (Wildman–Crippen MR) is 118 cm³/mol. The van der Waals surface area contributed by atoms with E-state index >= 15 is 0 Å². The molecule has 0 radical (unpaired) electrons. The largest absolute Gasteiger partial charge is 0.375 e. The van der Waals surface area contributed by atoms with Crippen molar-refractivity contribution in [2.75, 3.05) is 5.32 Å². The minimum atomic E-state index is -1.93. The van der Waals surface area contributed by atoms with E-state index in [1.165, 1.54) is 24.3 Å². The van der Waals surface area contributed by atoms with E-state index in [0.29, 0.717) is 11.3 Å². The van der Waals surface area contributed by atoms with Crippen LogP contribution < -0.4 is 5.32 Å². The van der Waals surface area contributed by atoms with E-state index in [-0.39, 0.29) is 17.8 Å². The van der Waals surface area contributed by atoms with Crippen molar-refractivity contribution >= 4 is 28.2 Å². The van der Waals surface area contributed by atoms with Gasteiger partial charge in [0.25, 0.3) is 11.6 Å². The van der Waals surface area contributed by atoms with Crippen LogP contribution in [0.25, 0.3) is 10.9 Å². The molecule has 0 spiro atoms. The monoisotopic (exact) mass is 413 g/mol. The van der Waals surface area contributed by atoms with Crippen molar-refractivity contribution in [3.63, 3.8) is 0 Å². The number of rotatable bonds is 6. The van der Waals surface area contributed by atoms with E-state index in [0.717, 1.165) is 10.9 Å². The van der Waals surface area contributed by atoms with E-state index in [9.17, 15) is 20.0 Å². The SMILES string of the molecule is O=C(Nc1cccc([N+](=O)[O-])c1)C(O)(Cc1ccc2ccccc2n1)c1ccccc1. The second-order valence-electron chi connectivity index (χ2n) is 7.16. The molecule has 1 unspecified atom stereocenters. The average Bonchev–Trinajstić information content (AvgIpc) is 2.79. The van der Waals surface area contributed by atoms with Gasteiger partial charge in [-0.2, -0.15) is 0 Å². The summed E-state index contributed by atoms with van der Waals surface area (Å²) in [7, 11) is 0. The van der Waals surface area contributed by atoms with E-state index < -0.39 is 16.4 Å². The average molecular weight is 413 g/mol. The van der Waals surface area contributed by atoms with E-state index in [2.05, 4.69) is 10.3 Å². The van der Waals surface area contributed by atoms with Crippen molar-refractivity contribution in [3.8, 4) is 0 Å². The van der Waals surface area contributed by atoms with Gasteiger partial charge in [-0.25, -0.2) is 0 Å². The number of para-hydroxylation sites is 1. The van der Waals surface area contributed by atoms with Crippen LogP contribution >= 0.6 is 0 Å². The van der Waals surface area contributed by atoms with E-state index in [1.54, 1.807) is 36.4 Å². The van der Waals surface area contributed by atoms with Crippen LogP contribution in [0.4, 0.5) is 11.4 Å². The molecule has 0 bridgehead atoms. The molecule has 4 aromatic rings. The van der Waals surface area contributed by atoms with Crippen molar-refractivity contribution in [2.45, 2.75) is 12.0 Å². The number of carbonyl (C=O) groups excluding carboxylic acids is 1. The number of hydrogen-bond acceptors (Lipinski definition) is 5. The molecule has 2 N–H and O–H groups in total. The first-order valence-corrected chi connectivity index (χ1v) is 9.64. The van der Waals surface area contributed by atoms with Crippen molar-refractivity contribution < 1.29 is 14.8 Å². The van der Waals surface area contributed by atoms with Gasteiger partial charge in [0.2, 0.25) is 0 Å².